The summed E-state index contributed by atoms with van der Waals surface area (Å²) < 4.78 is 27.6. The molecule has 13 heteroatoms. The summed E-state index contributed by atoms with van der Waals surface area (Å²) in [6, 6.07) is 18.7. The van der Waals surface area contributed by atoms with Gasteiger partial charge in [-0.2, -0.15) is 0 Å². The van der Waals surface area contributed by atoms with Crippen LogP contribution in [0.4, 0.5) is 32.1 Å². The molecule has 49 heavy (non-hydrogen) atoms. The monoisotopic (exact) mass is 670 g/mol. The van der Waals surface area contributed by atoms with Crippen molar-refractivity contribution in [3.63, 3.8) is 0 Å². The number of benzene rings is 2. The number of rotatable bonds is 8. The van der Waals surface area contributed by atoms with Crippen LogP contribution in [0.25, 0.3) is 0 Å². The van der Waals surface area contributed by atoms with Crippen LogP contribution in [0, 0.1) is 11.6 Å². The van der Waals surface area contributed by atoms with Gasteiger partial charge in [-0.1, -0.05) is 24.3 Å². The smallest absolute Gasteiger partial charge is 0.219 e. The predicted octanol–water partition coefficient (Wildman–Crippen LogP) is 4.65. The zero-order valence-electron chi connectivity index (χ0n) is 27.2. The lowest BCUT2D eigenvalue weighted by Crippen LogP contribution is -2.41. The normalized spacial score (nSPS) is 15.1. The predicted molar refractivity (Wildman–Crippen MR) is 185 cm³/mol. The fourth-order valence-electron chi connectivity index (χ4n) is 5.80. The number of likely N-dealkylation sites (tertiary alicyclic amines) is 1. The van der Waals surface area contributed by atoms with Crippen LogP contribution in [0.3, 0.4) is 0 Å². The molecule has 6 rings (SSSR count). The Hall–Kier alpha value is -5.43. The van der Waals surface area contributed by atoms with Crippen LogP contribution in [0.2, 0.25) is 0 Å². The molecule has 0 radical (unpaired) electrons. The van der Waals surface area contributed by atoms with Crippen LogP contribution in [0.15, 0.2) is 72.8 Å². The second-order valence-electron chi connectivity index (χ2n) is 12.0. The van der Waals surface area contributed by atoms with Crippen molar-refractivity contribution in [2.75, 3.05) is 48.3 Å². The largest absolute Gasteiger partial charge is 0.383 e. The van der Waals surface area contributed by atoms with Crippen molar-refractivity contribution in [3.8, 4) is 0 Å². The molecule has 2 aromatic heterocycles. The lowest BCUT2D eigenvalue weighted by Gasteiger charge is -2.32. The SMILES string of the molecule is CC(=O)N1CCC(Nc2ccc(C(=O)c3ccccc3F)c(N)n2)CC1.Nc1nc(NC2CCNCC2)ccc1C(=O)c1ccccc1F. The highest BCUT2D eigenvalue weighted by molar-refractivity contribution is 6.12. The van der Waals surface area contributed by atoms with E-state index in [9.17, 15) is 23.2 Å². The van der Waals surface area contributed by atoms with Crippen molar-refractivity contribution >= 4 is 40.7 Å². The fraction of sp³-hybridized carbons (Fsp3) is 0.306. The Bertz CT molecular complexity index is 1810. The third kappa shape index (κ3) is 8.93. The molecule has 1 amide bonds. The number of hydrogen-bond acceptors (Lipinski definition) is 10. The highest BCUT2D eigenvalue weighted by Gasteiger charge is 2.22. The second-order valence-corrected chi connectivity index (χ2v) is 12.0. The van der Waals surface area contributed by atoms with E-state index in [0.717, 1.165) is 38.8 Å². The van der Waals surface area contributed by atoms with E-state index in [2.05, 4.69) is 25.9 Å². The van der Waals surface area contributed by atoms with E-state index in [0.29, 0.717) is 30.8 Å². The molecule has 2 saturated heterocycles. The minimum absolute atomic E-state index is 0.0000593. The van der Waals surface area contributed by atoms with Crippen molar-refractivity contribution in [1.82, 2.24) is 20.2 Å². The number of piperidine rings is 2. The van der Waals surface area contributed by atoms with Gasteiger partial charge in [0.25, 0.3) is 0 Å². The Morgan fingerprint density at radius 1 is 0.673 bits per heavy atom. The Balaban J connectivity index is 0.000000192. The van der Waals surface area contributed by atoms with Crippen LogP contribution < -0.4 is 27.4 Å². The van der Waals surface area contributed by atoms with Crippen LogP contribution in [-0.2, 0) is 4.79 Å². The van der Waals surface area contributed by atoms with E-state index in [1.807, 2.05) is 4.90 Å². The van der Waals surface area contributed by atoms with Crippen molar-refractivity contribution < 1.29 is 23.2 Å². The molecule has 0 aliphatic carbocycles. The summed E-state index contributed by atoms with van der Waals surface area (Å²) in [6.45, 7) is 4.91. The Labute approximate surface area is 283 Å². The van der Waals surface area contributed by atoms with Gasteiger partial charge < -0.3 is 32.3 Å². The molecule has 256 valence electrons. The molecule has 0 atom stereocenters. The lowest BCUT2D eigenvalue weighted by molar-refractivity contribution is -0.129. The van der Waals surface area contributed by atoms with E-state index < -0.39 is 23.2 Å². The number of pyridine rings is 2. The molecule has 2 fully saturated rings. The Morgan fingerprint density at radius 3 is 1.51 bits per heavy atom. The number of nitrogens with zero attached hydrogens (tertiary/aromatic N) is 3. The van der Waals surface area contributed by atoms with E-state index in [1.54, 1.807) is 49.4 Å². The molecule has 0 spiro atoms. The molecule has 4 aromatic rings. The quantitative estimate of drug-likeness (QED) is 0.166. The molecule has 2 aliphatic rings. The van der Waals surface area contributed by atoms with Crippen molar-refractivity contribution in [2.24, 2.45) is 0 Å². The van der Waals surface area contributed by atoms with Crippen LogP contribution >= 0.6 is 0 Å². The number of aromatic nitrogens is 2. The second kappa shape index (κ2) is 16.1. The maximum Gasteiger partial charge on any atom is 0.219 e. The van der Waals surface area contributed by atoms with Gasteiger partial charge >= 0.3 is 0 Å². The number of amides is 1. The third-order valence-electron chi connectivity index (χ3n) is 8.56. The first-order valence-electron chi connectivity index (χ1n) is 16.2. The number of nitrogens with one attached hydrogen (secondary N) is 3. The van der Waals surface area contributed by atoms with Gasteiger partial charge in [-0.25, -0.2) is 18.7 Å². The van der Waals surface area contributed by atoms with E-state index in [1.165, 1.54) is 30.3 Å². The molecule has 2 aromatic carbocycles. The average Bonchev–Trinajstić information content (AvgIpc) is 3.09. The van der Waals surface area contributed by atoms with Gasteiger partial charge in [0.2, 0.25) is 5.91 Å². The van der Waals surface area contributed by atoms with E-state index in [4.69, 9.17) is 11.5 Å². The third-order valence-corrected chi connectivity index (χ3v) is 8.56. The first-order valence-corrected chi connectivity index (χ1v) is 16.2. The van der Waals surface area contributed by atoms with Crippen LogP contribution in [-0.4, -0.2) is 70.6 Å². The van der Waals surface area contributed by atoms with Gasteiger partial charge in [-0.3, -0.25) is 14.4 Å². The van der Waals surface area contributed by atoms with Gasteiger partial charge in [0.15, 0.2) is 11.6 Å². The molecule has 7 N–H and O–H groups in total. The Kier molecular flexibility index (Phi) is 11.5. The minimum Gasteiger partial charge on any atom is -0.383 e. The maximum absolute atomic E-state index is 13.8. The summed E-state index contributed by atoms with van der Waals surface area (Å²) in [5, 5.41) is 9.90. The molecule has 11 nitrogen and oxygen atoms in total. The van der Waals surface area contributed by atoms with Crippen LogP contribution in [0.5, 0.6) is 0 Å². The molecule has 0 bridgehead atoms. The Morgan fingerprint density at radius 2 is 1.10 bits per heavy atom. The minimum atomic E-state index is -0.587. The van der Waals surface area contributed by atoms with Gasteiger partial charge in [0.1, 0.15) is 34.9 Å². The highest BCUT2D eigenvalue weighted by Crippen LogP contribution is 2.23. The number of nitrogen functional groups attached to an aromatic ring is 2. The van der Waals surface area contributed by atoms with E-state index >= 15 is 0 Å². The number of ketones is 2. The number of halogens is 2. The maximum atomic E-state index is 13.8. The first kappa shape index (κ1) is 34.9. The summed E-state index contributed by atoms with van der Waals surface area (Å²) in [4.78, 5) is 46.5. The molecule has 2 aliphatic heterocycles. The highest BCUT2D eigenvalue weighted by atomic mass is 19.1. The van der Waals surface area contributed by atoms with Gasteiger partial charge in [-0.15, -0.1) is 0 Å². The number of hydrogen-bond donors (Lipinski definition) is 5. The standard InChI is InChI=1S/C19H21FN4O2.C17H19FN4O/c1-12(25)24-10-8-13(9-11-24)22-17-7-6-15(19(21)23-17)18(26)14-4-2-3-5-16(14)20;18-14-4-2-1-3-12(14)16(23)13-5-6-15(22-17(13)19)21-11-7-9-20-10-8-11/h2-7,13H,8-11H2,1H3,(H3,21,22,23);1-6,11,20H,7-10H2,(H3,19,21,22). The summed E-state index contributed by atoms with van der Waals surface area (Å²) >= 11 is 0. The number of carbonyl (C=O) groups is 3. The van der Waals surface area contributed by atoms with Crippen molar-refractivity contribution in [1.29, 1.82) is 0 Å². The van der Waals surface area contributed by atoms with Crippen molar-refractivity contribution in [2.45, 2.75) is 44.7 Å². The summed E-state index contributed by atoms with van der Waals surface area (Å²) in [5.41, 5.74) is 12.2. The summed E-state index contributed by atoms with van der Waals surface area (Å²) in [6.07, 6.45) is 3.66. The topological polar surface area (TPSA) is 168 Å². The molecule has 4 heterocycles. The summed E-state index contributed by atoms with van der Waals surface area (Å²) in [5.74, 6) is -0.641. The number of nitrogens with two attached hydrogens (primary N) is 2. The van der Waals surface area contributed by atoms with Gasteiger partial charge in [-0.05, 0) is 87.3 Å². The molecule has 0 unspecified atom stereocenters. The number of anilines is 4. The van der Waals surface area contributed by atoms with Gasteiger partial charge in [0, 0.05) is 32.1 Å². The zero-order chi connectivity index (χ0) is 34.9. The van der Waals surface area contributed by atoms with Crippen molar-refractivity contribution in [3.05, 3.63) is 107 Å². The number of carbonyl (C=O) groups excluding carboxylic acids is 3. The average molecular weight is 671 g/mol. The van der Waals surface area contributed by atoms with Gasteiger partial charge in [0.05, 0.1) is 22.3 Å². The molecule has 0 saturated carbocycles. The first-order chi connectivity index (χ1) is 23.6. The molecular weight excluding hydrogens is 630 g/mol. The van der Waals surface area contributed by atoms with E-state index in [-0.39, 0.29) is 45.8 Å². The van der Waals surface area contributed by atoms with Crippen LogP contribution in [0.1, 0.15) is 64.4 Å². The zero-order valence-corrected chi connectivity index (χ0v) is 27.2. The summed E-state index contributed by atoms with van der Waals surface area (Å²) in [7, 11) is 0. The molecular formula is C36H40F2N8O3. The lowest BCUT2D eigenvalue weighted by atomic mass is 10.0. The fourth-order valence-corrected chi connectivity index (χ4v) is 5.80.